The number of carbonyl (C=O) groups excluding carboxylic acids is 1. The number of rotatable bonds is 7. The van der Waals surface area contributed by atoms with Crippen molar-refractivity contribution in [2.45, 2.75) is 77.8 Å². The summed E-state index contributed by atoms with van der Waals surface area (Å²) in [5.41, 5.74) is 0. The Morgan fingerprint density at radius 1 is 1.29 bits per heavy atom. The van der Waals surface area contributed by atoms with E-state index in [0.29, 0.717) is 18.9 Å². The van der Waals surface area contributed by atoms with E-state index < -0.39 is 5.97 Å². The van der Waals surface area contributed by atoms with Crippen LogP contribution in [0.15, 0.2) is 0 Å². The van der Waals surface area contributed by atoms with Gasteiger partial charge in [0.05, 0.1) is 0 Å². The van der Waals surface area contributed by atoms with Crippen LogP contribution in [0.5, 0.6) is 0 Å². The fourth-order valence-corrected chi connectivity index (χ4v) is 3.12. The lowest BCUT2D eigenvalue weighted by molar-refractivity contribution is -0.137. The zero-order valence-corrected chi connectivity index (χ0v) is 13.6. The third-order valence-corrected chi connectivity index (χ3v) is 4.42. The van der Waals surface area contributed by atoms with Crippen LogP contribution in [0.25, 0.3) is 0 Å². The number of hydrogen-bond acceptors (Lipinski definition) is 2. The second-order valence-electron chi connectivity index (χ2n) is 6.29. The number of nitrogens with zero attached hydrogens (tertiary/aromatic N) is 1. The first-order chi connectivity index (χ1) is 9.95. The molecule has 2 N–H and O–H groups in total. The molecule has 1 rings (SSSR count). The molecular weight excluding hydrogens is 268 g/mol. The van der Waals surface area contributed by atoms with E-state index in [-0.39, 0.29) is 24.5 Å². The number of carboxylic acid groups (broad SMARTS) is 1. The monoisotopic (exact) mass is 298 g/mol. The van der Waals surface area contributed by atoms with Crippen LogP contribution in [0.3, 0.4) is 0 Å². The molecule has 0 heterocycles. The minimum atomic E-state index is -0.808. The Morgan fingerprint density at radius 2 is 1.95 bits per heavy atom. The molecule has 122 valence electrons. The highest BCUT2D eigenvalue weighted by atomic mass is 16.4. The minimum Gasteiger partial charge on any atom is -0.481 e. The summed E-state index contributed by atoms with van der Waals surface area (Å²) >= 11 is 0. The highest BCUT2D eigenvalue weighted by Gasteiger charge is 2.27. The number of hydrogen-bond donors (Lipinski definition) is 2. The van der Waals surface area contributed by atoms with Gasteiger partial charge >= 0.3 is 12.0 Å². The Labute approximate surface area is 128 Å². The molecule has 0 aromatic heterocycles. The quantitative estimate of drug-likeness (QED) is 0.758. The fraction of sp³-hybridized carbons (Fsp3) is 0.875. The summed E-state index contributed by atoms with van der Waals surface area (Å²) in [6, 6.07) is 0.320. The molecule has 0 aromatic rings. The summed E-state index contributed by atoms with van der Waals surface area (Å²) < 4.78 is 0. The SMILES string of the molecule is CCC1CCCCC1NC(=O)N(CCCC(=O)O)C(C)C. The van der Waals surface area contributed by atoms with Crippen molar-refractivity contribution in [3.05, 3.63) is 0 Å². The van der Waals surface area contributed by atoms with E-state index in [1.165, 1.54) is 19.3 Å². The lowest BCUT2D eigenvalue weighted by atomic mass is 9.83. The van der Waals surface area contributed by atoms with Gasteiger partial charge in [-0.25, -0.2) is 4.79 Å². The van der Waals surface area contributed by atoms with Crippen molar-refractivity contribution in [3.8, 4) is 0 Å². The first-order valence-corrected chi connectivity index (χ1v) is 8.24. The summed E-state index contributed by atoms with van der Waals surface area (Å²) in [4.78, 5) is 24.8. The molecular formula is C16H30N2O3. The average molecular weight is 298 g/mol. The van der Waals surface area contributed by atoms with E-state index in [0.717, 1.165) is 12.8 Å². The van der Waals surface area contributed by atoms with Gasteiger partial charge in [-0.2, -0.15) is 0 Å². The zero-order valence-electron chi connectivity index (χ0n) is 13.6. The Morgan fingerprint density at radius 3 is 2.52 bits per heavy atom. The Kier molecular flexibility index (Phi) is 7.54. The van der Waals surface area contributed by atoms with Gasteiger partial charge in [-0.3, -0.25) is 4.79 Å². The Hall–Kier alpha value is -1.26. The maximum Gasteiger partial charge on any atom is 0.317 e. The van der Waals surface area contributed by atoms with E-state index in [2.05, 4.69) is 12.2 Å². The average Bonchev–Trinajstić information content (AvgIpc) is 2.43. The largest absolute Gasteiger partial charge is 0.481 e. The first kappa shape index (κ1) is 17.8. The molecule has 0 saturated heterocycles. The van der Waals surface area contributed by atoms with Crippen LogP contribution in [-0.2, 0) is 4.79 Å². The molecule has 0 spiro atoms. The van der Waals surface area contributed by atoms with E-state index in [1.807, 2.05) is 13.8 Å². The van der Waals surface area contributed by atoms with Crippen molar-refractivity contribution in [3.63, 3.8) is 0 Å². The van der Waals surface area contributed by atoms with Crippen molar-refractivity contribution < 1.29 is 14.7 Å². The van der Waals surface area contributed by atoms with Gasteiger partial charge in [-0.1, -0.05) is 26.2 Å². The summed E-state index contributed by atoms with van der Waals surface area (Å²) in [6.07, 6.45) is 6.42. The number of nitrogens with one attached hydrogen (secondary N) is 1. The van der Waals surface area contributed by atoms with Crippen molar-refractivity contribution >= 4 is 12.0 Å². The highest BCUT2D eigenvalue weighted by molar-refractivity contribution is 5.75. The standard InChI is InChI=1S/C16H30N2O3/c1-4-13-8-5-6-9-14(13)17-16(21)18(12(2)3)11-7-10-15(19)20/h12-14H,4-11H2,1-3H3,(H,17,21)(H,19,20). The van der Waals surface area contributed by atoms with E-state index in [4.69, 9.17) is 5.11 Å². The molecule has 5 nitrogen and oxygen atoms in total. The number of carboxylic acids is 1. The molecule has 0 radical (unpaired) electrons. The number of urea groups is 1. The predicted octanol–water partition coefficient (Wildman–Crippen LogP) is 3.24. The van der Waals surface area contributed by atoms with Crippen LogP contribution < -0.4 is 5.32 Å². The Balaban J connectivity index is 2.53. The second-order valence-corrected chi connectivity index (χ2v) is 6.29. The maximum absolute atomic E-state index is 12.5. The van der Waals surface area contributed by atoms with Crippen molar-refractivity contribution in [2.75, 3.05) is 6.54 Å². The van der Waals surface area contributed by atoms with Crippen LogP contribution >= 0.6 is 0 Å². The lowest BCUT2D eigenvalue weighted by Crippen LogP contribution is -2.50. The van der Waals surface area contributed by atoms with E-state index in [1.54, 1.807) is 4.90 Å². The fourth-order valence-electron chi connectivity index (χ4n) is 3.12. The van der Waals surface area contributed by atoms with Gasteiger partial charge in [0.2, 0.25) is 0 Å². The number of amides is 2. The van der Waals surface area contributed by atoms with Gasteiger partial charge in [0.25, 0.3) is 0 Å². The smallest absolute Gasteiger partial charge is 0.317 e. The van der Waals surface area contributed by atoms with Gasteiger partial charge in [0, 0.05) is 25.0 Å². The minimum absolute atomic E-state index is 0.0410. The number of carbonyl (C=O) groups is 2. The van der Waals surface area contributed by atoms with E-state index in [9.17, 15) is 9.59 Å². The lowest BCUT2D eigenvalue weighted by Gasteiger charge is -2.35. The first-order valence-electron chi connectivity index (χ1n) is 8.24. The van der Waals surface area contributed by atoms with Crippen LogP contribution in [0.1, 0.15) is 65.7 Å². The van der Waals surface area contributed by atoms with Gasteiger partial charge in [0.15, 0.2) is 0 Å². The summed E-state index contributed by atoms with van der Waals surface area (Å²) in [5.74, 6) is -0.229. The van der Waals surface area contributed by atoms with Gasteiger partial charge in [0.1, 0.15) is 0 Å². The van der Waals surface area contributed by atoms with Crippen molar-refractivity contribution in [1.29, 1.82) is 0 Å². The molecule has 21 heavy (non-hydrogen) atoms. The summed E-state index contributed by atoms with van der Waals surface area (Å²) in [7, 11) is 0. The molecule has 1 fully saturated rings. The molecule has 1 aliphatic carbocycles. The third kappa shape index (κ3) is 5.94. The van der Waals surface area contributed by atoms with Crippen LogP contribution in [0.4, 0.5) is 4.79 Å². The molecule has 0 aromatic carbocycles. The van der Waals surface area contributed by atoms with Gasteiger partial charge in [-0.05, 0) is 39.0 Å². The predicted molar refractivity (Wildman–Crippen MR) is 83.3 cm³/mol. The van der Waals surface area contributed by atoms with Crippen LogP contribution in [0, 0.1) is 5.92 Å². The summed E-state index contributed by atoms with van der Waals surface area (Å²) in [5, 5.41) is 11.9. The third-order valence-electron chi connectivity index (χ3n) is 4.42. The molecule has 2 atom stereocenters. The topological polar surface area (TPSA) is 69.6 Å². The van der Waals surface area contributed by atoms with E-state index >= 15 is 0 Å². The Bertz CT molecular complexity index is 344. The maximum atomic E-state index is 12.5. The molecule has 0 aliphatic heterocycles. The molecule has 2 unspecified atom stereocenters. The molecule has 2 amide bonds. The van der Waals surface area contributed by atoms with Crippen LogP contribution in [0.2, 0.25) is 0 Å². The summed E-state index contributed by atoms with van der Waals surface area (Å²) in [6.45, 7) is 6.62. The van der Waals surface area contributed by atoms with Gasteiger partial charge < -0.3 is 15.3 Å². The van der Waals surface area contributed by atoms with Crippen LogP contribution in [-0.4, -0.2) is 40.6 Å². The molecule has 5 heteroatoms. The zero-order chi connectivity index (χ0) is 15.8. The molecule has 1 saturated carbocycles. The van der Waals surface area contributed by atoms with Crippen molar-refractivity contribution in [2.24, 2.45) is 5.92 Å². The molecule has 0 bridgehead atoms. The highest BCUT2D eigenvalue weighted by Crippen LogP contribution is 2.27. The van der Waals surface area contributed by atoms with Crippen molar-refractivity contribution in [1.82, 2.24) is 10.2 Å². The molecule has 1 aliphatic rings. The normalized spacial score (nSPS) is 22.1. The second kappa shape index (κ2) is 8.90. The van der Waals surface area contributed by atoms with Gasteiger partial charge in [-0.15, -0.1) is 0 Å². The number of aliphatic carboxylic acids is 1.